The first-order valence-electron chi connectivity index (χ1n) is 11.2. The first-order valence-corrected chi connectivity index (χ1v) is 11.2. The van der Waals surface area contributed by atoms with Crippen molar-refractivity contribution in [3.05, 3.63) is 71.2 Å². The van der Waals surface area contributed by atoms with Crippen LogP contribution in [0.25, 0.3) is 11.1 Å². The summed E-state index contributed by atoms with van der Waals surface area (Å²) in [7, 11) is 0. The summed E-state index contributed by atoms with van der Waals surface area (Å²) in [6.07, 6.45) is 3.66. The van der Waals surface area contributed by atoms with Gasteiger partial charge in [0.05, 0.1) is 25.4 Å². The fourth-order valence-corrected chi connectivity index (χ4v) is 4.85. The molecule has 3 aromatic rings. The minimum atomic E-state index is -0.739. The molecule has 10 heteroatoms. The second-order valence-electron chi connectivity index (χ2n) is 8.92. The summed E-state index contributed by atoms with van der Waals surface area (Å²) in [5.41, 5.74) is 8.74. The number of rotatable bonds is 4. The normalized spacial score (nSPS) is 21.9. The van der Waals surface area contributed by atoms with E-state index in [0.717, 1.165) is 36.4 Å². The molecule has 5 N–H and O–H groups in total. The molecule has 3 heterocycles. The van der Waals surface area contributed by atoms with Gasteiger partial charge in [0.1, 0.15) is 23.3 Å². The maximum atomic E-state index is 15.4. The Labute approximate surface area is 193 Å². The third-order valence-corrected chi connectivity index (χ3v) is 6.70. The number of hydrogen-bond acceptors (Lipinski definition) is 4. The smallest absolute Gasteiger partial charge is 0.322 e. The highest BCUT2D eigenvalue weighted by Crippen LogP contribution is 2.45. The van der Waals surface area contributed by atoms with Crippen LogP contribution in [0.1, 0.15) is 42.2 Å². The third kappa shape index (κ3) is 3.41. The van der Waals surface area contributed by atoms with E-state index in [4.69, 9.17) is 5.73 Å². The van der Waals surface area contributed by atoms with Crippen molar-refractivity contribution in [1.29, 1.82) is 0 Å². The highest BCUT2D eigenvalue weighted by Gasteiger charge is 2.35. The summed E-state index contributed by atoms with van der Waals surface area (Å²) in [5, 5.41) is 9.14. The maximum absolute atomic E-state index is 15.4. The molecular formula is C24H23F3N6O. The van der Waals surface area contributed by atoms with Gasteiger partial charge in [0, 0.05) is 46.2 Å². The van der Waals surface area contributed by atoms with E-state index in [2.05, 4.69) is 20.5 Å². The lowest BCUT2D eigenvalue weighted by Gasteiger charge is -2.25. The van der Waals surface area contributed by atoms with E-state index in [9.17, 15) is 13.6 Å². The Kier molecular flexibility index (Phi) is 4.82. The molecule has 6 rings (SSSR count). The predicted molar refractivity (Wildman–Crippen MR) is 122 cm³/mol. The van der Waals surface area contributed by atoms with Crippen molar-refractivity contribution in [2.75, 3.05) is 23.4 Å². The first-order chi connectivity index (χ1) is 16.4. The zero-order chi connectivity index (χ0) is 23.6. The van der Waals surface area contributed by atoms with Crippen LogP contribution in [0.15, 0.2) is 42.6 Å². The molecule has 1 aromatic heterocycles. The SMILES string of the molecule is NC1NCNc2c1c(-c1ccc(N3CC(c4ccc(F)cc4F)NC3=O)cc1F)cn2C1CC1. The lowest BCUT2D eigenvalue weighted by Crippen LogP contribution is -2.38. The molecule has 0 radical (unpaired) electrons. The molecule has 1 saturated carbocycles. The number of hydrogen-bond donors (Lipinski definition) is 4. The molecule has 1 aliphatic carbocycles. The fourth-order valence-electron chi connectivity index (χ4n) is 4.85. The third-order valence-electron chi connectivity index (χ3n) is 6.70. The van der Waals surface area contributed by atoms with Crippen LogP contribution in [-0.4, -0.2) is 23.8 Å². The summed E-state index contributed by atoms with van der Waals surface area (Å²) in [6, 6.07) is 7.07. The molecular weight excluding hydrogens is 445 g/mol. The Bertz CT molecular complexity index is 1300. The summed E-state index contributed by atoms with van der Waals surface area (Å²) >= 11 is 0. The van der Waals surface area contributed by atoms with E-state index in [0.29, 0.717) is 29.5 Å². The van der Waals surface area contributed by atoms with Crippen molar-refractivity contribution < 1.29 is 18.0 Å². The Morgan fingerprint density at radius 3 is 2.56 bits per heavy atom. The molecule has 176 valence electrons. The molecule has 34 heavy (non-hydrogen) atoms. The monoisotopic (exact) mass is 468 g/mol. The van der Waals surface area contributed by atoms with Crippen molar-refractivity contribution in [3.63, 3.8) is 0 Å². The second-order valence-corrected chi connectivity index (χ2v) is 8.92. The van der Waals surface area contributed by atoms with Crippen molar-refractivity contribution >= 4 is 17.5 Å². The molecule has 1 saturated heterocycles. The van der Waals surface area contributed by atoms with Gasteiger partial charge in [0.15, 0.2) is 0 Å². The maximum Gasteiger partial charge on any atom is 0.322 e. The fraction of sp³-hybridized carbons (Fsp3) is 0.292. The average Bonchev–Trinajstić information content (AvgIpc) is 3.46. The van der Waals surface area contributed by atoms with Gasteiger partial charge in [-0.3, -0.25) is 10.2 Å². The number of fused-ring (bicyclic) bond motifs is 1. The second kappa shape index (κ2) is 7.78. The highest BCUT2D eigenvalue weighted by molar-refractivity contribution is 5.95. The van der Waals surface area contributed by atoms with Gasteiger partial charge >= 0.3 is 6.03 Å². The van der Waals surface area contributed by atoms with Crippen LogP contribution in [0, 0.1) is 17.5 Å². The molecule has 2 atom stereocenters. The molecule has 0 bridgehead atoms. The quantitative estimate of drug-likeness (QED) is 0.464. The van der Waals surface area contributed by atoms with Crippen LogP contribution in [0.4, 0.5) is 29.5 Å². The summed E-state index contributed by atoms with van der Waals surface area (Å²) < 4.78 is 45.0. The number of urea groups is 1. The standard InChI is InChI=1S/C24H23F3N6O/c25-12-1-5-16(18(26)7-12)20-10-33(24(34)31-20)14-4-6-15(19(27)8-14)17-9-32(13-2-3-13)23-21(17)22(28)29-11-30-23/h1,4-9,13,20,22,29-30H,2-3,10-11,28H2,(H,31,34). The molecule has 2 unspecified atom stereocenters. The average molecular weight is 468 g/mol. The number of carbonyl (C=O) groups is 1. The molecule has 3 aliphatic rings. The van der Waals surface area contributed by atoms with Crippen LogP contribution in [-0.2, 0) is 0 Å². The molecule has 2 amide bonds. The number of nitrogens with zero attached hydrogens (tertiary/aromatic N) is 2. The number of nitrogens with two attached hydrogens (primary N) is 1. The number of halogens is 3. The van der Waals surface area contributed by atoms with Gasteiger partial charge in [-0.15, -0.1) is 0 Å². The van der Waals surface area contributed by atoms with Crippen molar-refractivity contribution in [2.24, 2.45) is 5.73 Å². The van der Waals surface area contributed by atoms with Gasteiger partial charge < -0.3 is 20.9 Å². The van der Waals surface area contributed by atoms with Crippen molar-refractivity contribution in [2.45, 2.75) is 31.1 Å². The van der Waals surface area contributed by atoms with E-state index < -0.39 is 35.7 Å². The van der Waals surface area contributed by atoms with Gasteiger partial charge in [-0.2, -0.15) is 0 Å². The Morgan fingerprint density at radius 1 is 1.00 bits per heavy atom. The van der Waals surface area contributed by atoms with Gasteiger partial charge in [0.25, 0.3) is 0 Å². The lowest BCUT2D eigenvalue weighted by atomic mass is 10.0. The molecule has 2 aliphatic heterocycles. The summed E-state index contributed by atoms with van der Waals surface area (Å²) in [6.45, 7) is 0.623. The summed E-state index contributed by atoms with van der Waals surface area (Å²) in [5.74, 6) is -1.01. The topological polar surface area (TPSA) is 87.3 Å². The zero-order valence-electron chi connectivity index (χ0n) is 18.1. The van der Waals surface area contributed by atoms with E-state index in [1.165, 1.54) is 17.0 Å². The van der Waals surface area contributed by atoms with Crippen LogP contribution >= 0.6 is 0 Å². The van der Waals surface area contributed by atoms with E-state index in [-0.39, 0.29) is 12.1 Å². The number of nitrogens with one attached hydrogen (secondary N) is 3. The van der Waals surface area contributed by atoms with Crippen LogP contribution in [0.2, 0.25) is 0 Å². The van der Waals surface area contributed by atoms with Crippen molar-refractivity contribution in [1.82, 2.24) is 15.2 Å². The predicted octanol–water partition coefficient (Wildman–Crippen LogP) is 4.11. The number of carbonyl (C=O) groups excluding carboxylic acids is 1. The van der Waals surface area contributed by atoms with Crippen molar-refractivity contribution in [3.8, 4) is 11.1 Å². The molecule has 7 nitrogen and oxygen atoms in total. The number of benzene rings is 2. The van der Waals surface area contributed by atoms with Gasteiger partial charge in [-0.25, -0.2) is 18.0 Å². The number of anilines is 2. The van der Waals surface area contributed by atoms with Gasteiger partial charge in [-0.05, 0) is 37.1 Å². The highest BCUT2D eigenvalue weighted by atomic mass is 19.1. The van der Waals surface area contributed by atoms with Crippen LogP contribution in [0.5, 0.6) is 0 Å². The summed E-state index contributed by atoms with van der Waals surface area (Å²) in [4.78, 5) is 13.9. The van der Waals surface area contributed by atoms with E-state index in [1.54, 1.807) is 12.1 Å². The molecule has 2 fully saturated rings. The first kappa shape index (κ1) is 21.1. The Hall–Kier alpha value is -3.50. The lowest BCUT2D eigenvalue weighted by molar-refractivity contribution is 0.251. The van der Waals surface area contributed by atoms with Crippen LogP contribution in [0.3, 0.4) is 0 Å². The van der Waals surface area contributed by atoms with E-state index in [1.807, 2.05) is 6.20 Å². The largest absolute Gasteiger partial charge is 0.359 e. The Morgan fingerprint density at radius 2 is 1.82 bits per heavy atom. The van der Waals surface area contributed by atoms with E-state index >= 15 is 4.39 Å². The molecule has 2 aromatic carbocycles. The molecule has 0 spiro atoms. The minimum Gasteiger partial charge on any atom is -0.359 e. The number of aromatic nitrogens is 1. The zero-order valence-corrected chi connectivity index (χ0v) is 18.1. The van der Waals surface area contributed by atoms with Gasteiger partial charge in [0.2, 0.25) is 0 Å². The van der Waals surface area contributed by atoms with Gasteiger partial charge in [-0.1, -0.05) is 6.07 Å². The number of amides is 2. The minimum absolute atomic E-state index is 0.0896. The Balaban J connectivity index is 1.32. The van der Waals surface area contributed by atoms with Crippen LogP contribution < -0.4 is 26.6 Å².